The van der Waals surface area contributed by atoms with Gasteiger partial charge in [0.05, 0.1) is 19.4 Å². The number of thiophene rings is 1. The molecular weight excluding hydrogens is 312 g/mol. The van der Waals surface area contributed by atoms with Crippen LogP contribution < -0.4 is 10.6 Å². The molecule has 3 rings (SSSR count). The van der Waals surface area contributed by atoms with E-state index in [2.05, 4.69) is 47.6 Å². The zero-order valence-corrected chi connectivity index (χ0v) is 13.6. The van der Waals surface area contributed by atoms with Crippen molar-refractivity contribution < 1.29 is 4.42 Å². The lowest BCUT2D eigenvalue weighted by molar-refractivity contribution is 0.577. The lowest BCUT2D eigenvalue weighted by atomic mass is 10.3. The molecule has 0 saturated heterocycles. The molecule has 0 saturated carbocycles. The van der Waals surface area contributed by atoms with Gasteiger partial charge in [-0.3, -0.25) is 5.10 Å². The van der Waals surface area contributed by atoms with Gasteiger partial charge in [-0.05, 0) is 41.4 Å². The minimum Gasteiger partial charge on any atom is -0.461 e. The van der Waals surface area contributed by atoms with Gasteiger partial charge >= 0.3 is 0 Å². The SMILES string of the molecule is CCNC(=NCc1ccsc1)NCc1nc(-c2ccco2)n[nH]1. The van der Waals surface area contributed by atoms with Gasteiger partial charge in [-0.1, -0.05) is 0 Å². The summed E-state index contributed by atoms with van der Waals surface area (Å²) in [4.78, 5) is 8.94. The summed E-state index contributed by atoms with van der Waals surface area (Å²) in [5, 5.41) is 17.6. The van der Waals surface area contributed by atoms with Gasteiger partial charge in [-0.2, -0.15) is 11.3 Å². The van der Waals surface area contributed by atoms with Crippen LogP contribution >= 0.6 is 11.3 Å². The van der Waals surface area contributed by atoms with E-state index in [0.29, 0.717) is 24.7 Å². The van der Waals surface area contributed by atoms with E-state index in [1.165, 1.54) is 5.56 Å². The highest BCUT2D eigenvalue weighted by atomic mass is 32.1. The fourth-order valence-corrected chi connectivity index (χ4v) is 2.61. The minimum atomic E-state index is 0.503. The number of aromatic amines is 1. The number of nitrogens with one attached hydrogen (secondary N) is 3. The number of aliphatic imine (C=N–C) groups is 1. The lowest BCUT2D eigenvalue weighted by Crippen LogP contribution is -2.37. The fraction of sp³-hybridized carbons (Fsp3) is 0.267. The molecule has 3 aromatic rings. The normalized spacial score (nSPS) is 11.6. The summed E-state index contributed by atoms with van der Waals surface area (Å²) in [5.74, 6) is 2.66. The molecule has 0 atom stereocenters. The second-order valence-corrected chi connectivity index (χ2v) is 5.54. The van der Waals surface area contributed by atoms with E-state index >= 15 is 0 Å². The van der Waals surface area contributed by atoms with Crippen molar-refractivity contribution in [2.45, 2.75) is 20.0 Å². The standard InChI is InChI=1S/C15H18N6OS/c1-2-16-15(17-8-11-5-7-23-10-11)18-9-13-19-14(21-20-13)12-4-3-6-22-12/h3-7,10H,2,8-9H2,1H3,(H2,16,17,18)(H,19,20,21). The van der Waals surface area contributed by atoms with Gasteiger partial charge in [0.1, 0.15) is 5.82 Å². The van der Waals surface area contributed by atoms with Gasteiger partial charge < -0.3 is 15.1 Å². The van der Waals surface area contributed by atoms with Crippen LogP contribution in [0.2, 0.25) is 0 Å². The van der Waals surface area contributed by atoms with Gasteiger partial charge in [0, 0.05) is 6.54 Å². The minimum absolute atomic E-state index is 0.503. The van der Waals surface area contributed by atoms with E-state index in [9.17, 15) is 0 Å². The first-order valence-electron chi connectivity index (χ1n) is 7.33. The summed E-state index contributed by atoms with van der Waals surface area (Å²) in [7, 11) is 0. The Bertz CT molecular complexity index is 732. The van der Waals surface area contributed by atoms with Crippen molar-refractivity contribution in [1.82, 2.24) is 25.8 Å². The molecule has 0 fully saturated rings. The van der Waals surface area contributed by atoms with Crippen LogP contribution in [0.5, 0.6) is 0 Å². The summed E-state index contributed by atoms with van der Waals surface area (Å²) in [6, 6.07) is 5.71. The Morgan fingerprint density at radius 1 is 1.39 bits per heavy atom. The van der Waals surface area contributed by atoms with Gasteiger partial charge in [0.2, 0.25) is 5.82 Å². The third-order valence-electron chi connectivity index (χ3n) is 3.04. The van der Waals surface area contributed by atoms with Gasteiger partial charge in [0.15, 0.2) is 11.7 Å². The zero-order chi connectivity index (χ0) is 15.9. The Kier molecular flexibility index (Phi) is 5.05. The highest BCUT2D eigenvalue weighted by molar-refractivity contribution is 7.07. The van der Waals surface area contributed by atoms with Crippen LogP contribution in [0.4, 0.5) is 0 Å². The molecular formula is C15H18N6OS. The summed E-state index contributed by atoms with van der Waals surface area (Å²) in [6.45, 7) is 3.98. The maximum atomic E-state index is 5.28. The monoisotopic (exact) mass is 330 g/mol. The Hall–Kier alpha value is -2.61. The molecule has 0 aliphatic carbocycles. The summed E-state index contributed by atoms with van der Waals surface area (Å²) >= 11 is 1.67. The molecule has 0 unspecified atom stereocenters. The molecule has 120 valence electrons. The Morgan fingerprint density at radius 2 is 2.35 bits per heavy atom. The smallest absolute Gasteiger partial charge is 0.216 e. The number of guanidine groups is 1. The third-order valence-corrected chi connectivity index (χ3v) is 3.77. The first kappa shape index (κ1) is 15.3. The van der Waals surface area contributed by atoms with Crippen molar-refractivity contribution in [3.63, 3.8) is 0 Å². The molecule has 0 spiro atoms. The van der Waals surface area contributed by atoms with Gasteiger partial charge in [0.25, 0.3) is 0 Å². The average Bonchev–Trinajstić information content (AvgIpc) is 3.32. The Balaban J connectivity index is 1.59. The number of aromatic nitrogens is 3. The van der Waals surface area contributed by atoms with E-state index in [1.807, 2.05) is 19.1 Å². The van der Waals surface area contributed by atoms with E-state index in [4.69, 9.17) is 4.42 Å². The average molecular weight is 330 g/mol. The second-order valence-electron chi connectivity index (χ2n) is 4.76. The van der Waals surface area contributed by atoms with Crippen molar-refractivity contribution in [1.29, 1.82) is 0 Å². The van der Waals surface area contributed by atoms with Crippen LogP contribution in [0.3, 0.4) is 0 Å². The first-order valence-corrected chi connectivity index (χ1v) is 8.28. The molecule has 0 radical (unpaired) electrons. The van der Waals surface area contributed by atoms with Crippen molar-refractivity contribution in [2.75, 3.05) is 6.54 Å². The number of hydrogen-bond donors (Lipinski definition) is 3. The second kappa shape index (κ2) is 7.59. The first-order chi connectivity index (χ1) is 11.3. The Labute approximate surface area is 137 Å². The van der Waals surface area contributed by atoms with Crippen molar-refractivity contribution in [3.05, 3.63) is 46.6 Å². The van der Waals surface area contributed by atoms with Crippen LogP contribution in [0.25, 0.3) is 11.6 Å². The van der Waals surface area contributed by atoms with Crippen molar-refractivity contribution in [3.8, 4) is 11.6 Å². The largest absolute Gasteiger partial charge is 0.461 e. The molecule has 3 aromatic heterocycles. The quantitative estimate of drug-likeness (QED) is 0.477. The van der Waals surface area contributed by atoms with Gasteiger partial charge in [-0.25, -0.2) is 9.98 Å². The number of furan rings is 1. The maximum Gasteiger partial charge on any atom is 0.216 e. The van der Waals surface area contributed by atoms with Crippen LogP contribution in [-0.4, -0.2) is 27.7 Å². The number of H-pyrrole nitrogens is 1. The Morgan fingerprint density at radius 3 is 3.09 bits per heavy atom. The maximum absolute atomic E-state index is 5.28. The van der Waals surface area contributed by atoms with Crippen LogP contribution in [-0.2, 0) is 13.1 Å². The number of rotatable bonds is 6. The molecule has 3 heterocycles. The van der Waals surface area contributed by atoms with E-state index in [1.54, 1.807) is 17.6 Å². The molecule has 7 nitrogen and oxygen atoms in total. The fourth-order valence-electron chi connectivity index (χ4n) is 1.95. The molecule has 23 heavy (non-hydrogen) atoms. The van der Waals surface area contributed by atoms with Crippen LogP contribution in [0.15, 0.2) is 44.6 Å². The van der Waals surface area contributed by atoms with Crippen molar-refractivity contribution in [2.24, 2.45) is 4.99 Å². The predicted octanol–water partition coefficient (Wildman–Crippen LogP) is 2.38. The highest BCUT2D eigenvalue weighted by Crippen LogP contribution is 2.14. The molecule has 0 aliphatic heterocycles. The molecule has 0 amide bonds. The van der Waals surface area contributed by atoms with E-state index in [-0.39, 0.29) is 0 Å². The predicted molar refractivity (Wildman–Crippen MR) is 90.1 cm³/mol. The number of nitrogens with zero attached hydrogens (tertiary/aromatic N) is 3. The molecule has 0 aliphatic rings. The molecule has 0 aromatic carbocycles. The highest BCUT2D eigenvalue weighted by Gasteiger charge is 2.08. The van der Waals surface area contributed by atoms with E-state index in [0.717, 1.165) is 18.3 Å². The summed E-state index contributed by atoms with van der Waals surface area (Å²) < 4.78 is 5.28. The zero-order valence-electron chi connectivity index (χ0n) is 12.7. The molecule has 3 N–H and O–H groups in total. The molecule has 0 bridgehead atoms. The van der Waals surface area contributed by atoms with Crippen molar-refractivity contribution >= 4 is 17.3 Å². The van der Waals surface area contributed by atoms with Gasteiger partial charge in [-0.15, -0.1) is 5.10 Å². The summed E-state index contributed by atoms with van der Waals surface area (Å²) in [6.07, 6.45) is 1.60. The summed E-state index contributed by atoms with van der Waals surface area (Å²) in [5.41, 5.74) is 1.20. The number of hydrogen-bond acceptors (Lipinski definition) is 5. The van der Waals surface area contributed by atoms with E-state index < -0.39 is 0 Å². The molecule has 8 heteroatoms. The third kappa shape index (κ3) is 4.19. The van der Waals surface area contributed by atoms with Crippen LogP contribution in [0, 0.1) is 0 Å². The van der Waals surface area contributed by atoms with Crippen LogP contribution in [0.1, 0.15) is 18.3 Å². The topological polar surface area (TPSA) is 91.1 Å². The lowest BCUT2D eigenvalue weighted by Gasteiger charge is -2.09.